The Morgan fingerprint density at radius 3 is 1.50 bits per heavy atom. The summed E-state index contributed by atoms with van der Waals surface area (Å²) in [5.41, 5.74) is 0. The summed E-state index contributed by atoms with van der Waals surface area (Å²) in [6.45, 7) is 1.06. The van der Waals surface area contributed by atoms with Gasteiger partial charge in [0.15, 0.2) is 23.8 Å². The molecule has 0 radical (unpaired) electrons. The van der Waals surface area contributed by atoms with E-state index in [0.29, 0.717) is 0 Å². The van der Waals surface area contributed by atoms with Crippen molar-refractivity contribution in [3.63, 3.8) is 0 Å². The van der Waals surface area contributed by atoms with Gasteiger partial charge in [-0.2, -0.15) is 0 Å². The van der Waals surface area contributed by atoms with Crippen molar-refractivity contribution < 1.29 is 21.9 Å². The summed E-state index contributed by atoms with van der Waals surface area (Å²) in [4.78, 5) is -0.0976. The molecule has 0 spiro atoms. The third-order valence-electron chi connectivity index (χ3n) is 4.79. The van der Waals surface area contributed by atoms with Gasteiger partial charge < -0.3 is 5.11 Å². The fourth-order valence-electron chi connectivity index (χ4n) is 3.47. The molecule has 2 aromatic carbocycles. The molecule has 0 heterocycles. The van der Waals surface area contributed by atoms with E-state index >= 15 is 0 Å². The summed E-state index contributed by atoms with van der Waals surface area (Å²) in [5.74, 6) is -1.55. The minimum Gasteiger partial charge on any atom is -0.396 e. The van der Waals surface area contributed by atoms with Gasteiger partial charge in [-0.05, 0) is 30.2 Å². The molecule has 7 heteroatoms. The van der Waals surface area contributed by atoms with Crippen LogP contribution >= 0.6 is 0 Å². The molecule has 1 aliphatic carbocycles. The van der Waals surface area contributed by atoms with Crippen molar-refractivity contribution >= 4 is 19.7 Å². The molecule has 0 aromatic heterocycles. The zero-order chi connectivity index (χ0) is 17.6. The second kappa shape index (κ2) is 5.68. The van der Waals surface area contributed by atoms with Crippen molar-refractivity contribution in [2.75, 3.05) is 6.61 Å². The van der Waals surface area contributed by atoms with Gasteiger partial charge in [0, 0.05) is 12.5 Å². The van der Waals surface area contributed by atoms with Gasteiger partial charge in [0.25, 0.3) is 0 Å². The normalized spacial score (nSPS) is 22.9. The summed E-state index contributed by atoms with van der Waals surface area (Å²) in [5, 5.41) is 9.60. The predicted molar refractivity (Wildman–Crippen MR) is 89.7 cm³/mol. The van der Waals surface area contributed by atoms with Gasteiger partial charge >= 0.3 is 0 Å². The number of rotatable bonds is 5. The van der Waals surface area contributed by atoms with Gasteiger partial charge in [0.2, 0.25) is 0 Å². The van der Waals surface area contributed by atoms with E-state index in [1.807, 2.05) is 0 Å². The molecule has 128 valence electrons. The lowest BCUT2D eigenvalue weighted by molar-refractivity contribution is 0.269. The fraction of sp³-hybridized carbons (Fsp3) is 0.294. The third-order valence-corrected chi connectivity index (χ3v) is 10.9. The average molecular weight is 366 g/mol. The number of aliphatic hydroxyl groups excluding tert-OH is 1. The van der Waals surface area contributed by atoms with E-state index in [2.05, 4.69) is 0 Å². The first-order valence-corrected chi connectivity index (χ1v) is 10.5. The van der Waals surface area contributed by atoms with Gasteiger partial charge in [-0.15, -0.1) is 0 Å². The van der Waals surface area contributed by atoms with E-state index in [4.69, 9.17) is 0 Å². The van der Waals surface area contributed by atoms with Crippen LogP contribution in [0.1, 0.15) is 6.92 Å². The van der Waals surface area contributed by atoms with Crippen LogP contribution in [0.2, 0.25) is 0 Å². The standard InChI is InChI=1S/C17H18O5S2/c1-13-16(12-18)17(13,23(19,20)14-8-4-2-5-9-14)24(21,22)15-10-6-3-7-11-15/h2-11,13,16,18H,12H2,1H3. The highest BCUT2D eigenvalue weighted by Crippen LogP contribution is 2.62. The maximum Gasteiger partial charge on any atom is 0.199 e. The highest BCUT2D eigenvalue weighted by atomic mass is 32.3. The maximum absolute atomic E-state index is 13.2. The Morgan fingerprint density at radius 1 is 0.833 bits per heavy atom. The molecule has 2 unspecified atom stereocenters. The summed E-state index contributed by atoms with van der Waals surface area (Å²) in [6.07, 6.45) is 0. The molecule has 24 heavy (non-hydrogen) atoms. The largest absolute Gasteiger partial charge is 0.396 e. The van der Waals surface area contributed by atoms with Crippen LogP contribution in [-0.2, 0) is 19.7 Å². The number of aliphatic hydroxyl groups is 1. The second-order valence-corrected chi connectivity index (χ2v) is 10.5. The predicted octanol–water partition coefficient (Wildman–Crippen LogP) is 1.89. The van der Waals surface area contributed by atoms with E-state index in [1.54, 1.807) is 43.3 Å². The van der Waals surface area contributed by atoms with E-state index in [9.17, 15) is 21.9 Å². The van der Waals surface area contributed by atoms with Crippen LogP contribution in [0.5, 0.6) is 0 Å². The Bertz CT molecular complexity index is 865. The fourth-order valence-corrected chi connectivity index (χ4v) is 9.49. The topological polar surface area (TPSA) is 88.5 Å². The Hall–Kier alpha value is -1.70. The van der Waals surface area contributed by atoms with Crippen LogP contribution in [0.3, 0.4) is 0 Å². The first-order chi connectivity index (χ1) is 11.3. The van der Waals surface area contributed by atoms with Crippen molar-refractivity contribution in [3.8, 4) is 0 Å². The maximum atomic E-state index is 13.2. The summed E-state index contributed by atoms with van der Waals surface area (Å²) in [7, 11) is -8.38. The first kappa shape index (κ1) is 17.1. The van der Waals surface area contributed by atoms with Crippen molar-refractivity contribution in [1.82, 2.24) is 0 Å². The summed E-state index contributed by atoms with van der Waals surface area (Å²) >= 11 is 0. The molecule has 5 nitrogen and oxygen atoms in total. The van der Waals surface area contributed by atoms with Gasteiger partial charge in [-0.3, -0.25) is 0 Å². The Kier molecular flexibility index (Phi) is 4.06. The SMILES string of the molecule is CC1C(CO)C1(S(=O)(=O)c1ccccc1)S(=O)(=O)c1ccccc1. The quantitative estimate of drug-likeness (QED) is 0.873. The number of hydrogen-bond donors (Lipinski definition) is 1. The van der Waals surface area contributed by atoms with Gasteiger partial charge in [0.05, 0.1) is 9.79 Å². The van der Waals surface area contributed by atoms with E-state index in [1.165, 1.54) is 24.3 Å². The molecular formula is C17H18O5S2. The third kappa shape index (κ3) is 2.08. The zero-order valence-corrected chi connectivity index (χ0v) is 14.7. The number of benzene rings is 2. The van der Waals surface area contributed by atoms with Crippen LogP contribution in [0, 0.1) is 11.8 Å². The van der Waals surface area contributed by atoms with E-state index in [0.717, 1.165) is 0 Å². The van der Waals surface area contributed by atoms with Gasteiger partial charge in [0.1, 0.15) is 0 Å². The molecule has 0 amide bonds. The summed E-state index contributed by atoms with van der Waals surface area (Å²) in [6, 6.07) is 15.1. The smallest absolute Gasteiger partial charge is 0.199 e. The van der Waals surface area contributed by atoms with Crippen molar-refractivity contribution in [2.24, 2.45) is 11.8 Å². The molecule has 1 saturated carbocycles. The van der Waals surface area contributed by atoms with Crippen LogP contribution < -0.4 is 0 Å². The molecule has 1 N–H and O–H groups in total. The minimum absolute atomic E-state index is 0.0488. The van der Waals surface area contributed by atoms with E-state index in [-0.39, 0.29) is 9.79 Å². The lowest BCUT2D eigenvalue weighted by atomic mass is 10.4. The van der Waals surface area contributed by atoms with Crippen molar-refractivity contribution in [3.05, 3.63) is 60.7 Å². The van der Waals surface area contributed by atoms with Crippen molar-refractivity contribution in [2.45, 2.75) is 20.8 Å². The Labute approximate surface area is 141 Å². The van der Waals surface area contributed by atoms with Crippen LogP contribution in [-0.4, -0.2) is 32.6 Å². The molecule has 1 fully saturated rings. The van der Waals surface area contributed by atoms with Crippen LogP contribution in [0.4, 0.5) is 0 Å². The van der Waals surface area contributed by atoms with Crippen LogP contribution in [0.25, 0.3) is 0 Å². The Balaban J connectivity index is 2.26. The molecule has 0 saturated heterocycles. The molecular weight excluding hydrogens is 348 g/mol. The van der Waals surface area contributed by atoms with Crippen molar-refractivity contribution in [1.29, 1.82) is 0 Å². The molecule has 0 aliphatic heterocycles. The molecule has 1 aliphatic rings. The minimum atomic E-state index is -4.19. The number of sulfone groups is 2. The lowest BCUT2D eigenvalue weighted by Crippen LogP contribution is -2.37. The second-order valence-electron chi connectivity index (χ2n) is 5.93. The van der Waals surface area contributed by atoms with Gasteiger partial charge in [-0.25, -0.2) is 16.8 Å². The first-order valence-electron chi connectivity index (χ1n) is 7.52. The Morgan fingerprint density at radius 2 is 1.21 bits per heavy atom. The number of hydrogen-bond acceptors (Lipinski definition) is 5. The van der Waals surface area contributed by atoms with Crippen LogP contribution in [0.15, 0.2) is 70.5 Å². The zero-order valence-electron chi connectivity index (χ0n) is 13.0. The van der Waals surface area contributed by atoms with E-state index < -0.39 is 42.2 Å². The molecule has 2 aromatic rings. The molecule has 2 atom stereocenters. The average Bonchev–Trinajstić information content (AvgIpc) is 3.23. The monoisotopic (exact) mass is 366 g/mol. The molecule has 0 bridgehead atoms. The summed E-state index contributed by atoms with van der Waals surface area (Å²) < 4.78 is 50.9. The highest BCUT2D eigenvalue weighted by Gasteiger charge is 2.78. The lowest BCUT2D eigenvalue weighted by Gasteiger charge is -2.20. The molecule has 3 rings (SSSR count). The van der Waals surface area contributed by atoms with Gasteiger partial charge in [-0.1, -0.05) is 43.3 Å². The highest BCUT2D eigenvalue weighted by molar-refractivity contribution is 8.11.